The van der Waals surface area contributed by atoms with Crippen LogP contribution in [0.4, 0.5) is 0 Å². The molecule has 1 atom stereocenters. The number of aryl methyl sites for hydroxylation is 1. The lowest BCUT2D eigenvalue weighted by Gasteiger charge is -2.29. The van der Waals surface area contributed by atoms with Crippen LogP contribution in [0.5, 0.6) is 5.75 Å². The minimum absolute atomic E-state index is 0.246. The van der Waals surface area contributed by atoms with Gasteiger partial charge in [-0.05, 0) is 80.7 Å². The van der Waals surface area contributed by atoms with E-state index in [1.54, 1.807) is 29.9 Å². The lowest BCUT2D eigenvalue weighted by molar-refractivity contribution is -0.134. The zero-order valence-electron chi connectivity index (χ0n) is 17.8. The van der Waals surface area contributed by atoms with Crippen molar-refractivity contribution in [2.75, 3.05) is 13.1 Å². The van der Waals surface area contributed by atoms with Crippen molar-refractivity contribution < 1.29 is 19.5 Å². The molecule has 0 aliphatic carbocycles. The number of pyridine rings is 1. The maximum Gasteiger partial charge on any atom is 0.261 e. The maximum atomic E-state index is 12.5. The van der Waals surface area contributed by atoms with Crippen LogP contribution in [0.25, 0.3) is 0 Å². The van der Waals surface area contributed by atoms with Crippen LogP contribution in [0, 0.1) is 6.92 Å². The molecule has 8 heteroatoms. The first kappa shape index (κ1) is 22.7. The van der Waals surface area contributed by atoms with Crippen LogP contribution in [0.3, 0.4) is 0 Å². The fraction of sp³-hybridized carbons (Fsp3) is 0.435. The van der Waals surface area contributed by atoms with Gasteiger partial charge in [0.25, 0.3) is 5.91 Å². The standard InChI is InChI=1S/C23H30N4O4/c1-16-12-17(8-9-25-16)15-31-19-6-7-20(22(24)28)18(13-19)14-21(23(29)26-30)27-10-4-2-3-5-11-27/h6-9,12-13,21,30H,2-5,10-11,14-15H2,1H3,(H2,24,28)(H,26,29)/t21-/m1/s1. The highest BCUT2D eigenvalue weighted by Crippen LogP contribution is 2.23. The molecule has 2 aromatic rings. The number of likely N-dealkylation sites (tertiary alicyclic amines) is 1. The van der Waals surface area contributed by atoms with Crippen molar-refractivity contribution in [2.45, 2.75) is 51.7 Å². The van der Waals surface area contributed by atoms with Gasteiger partial charge >= 0.3 is 0 Å². The monoisotopic (exact) mass is 426 g/mol. The molecule has 0 spiro atoms. The lowest BCUT2D eigenvalue weighted by Crippen LogP contribution is -2.48. The second-order valence-corrected chi connectivity index (χ2v) is 7.92. The molecule has 1 fully saturated rings. The van der Waals surface area contributed by atoms with Gasteiger partial charge in [0, 0.05) is 17.5 Å². The van der Waals surface area contributed by atoms with E-state index in [-0.39, 0.29) is 6.42 Å². The van der Waals surface area contributed by atoms with Gasteiger partial charge in [-0.1, -0.05) is 12.8 Å². The van der Waals surface area contributed by atoms with Gasteiger partial charge in [0.05, 0.1) is 6.04 Å². The maximum absolute atomic E-state index is 12.5. The molecule has 0 bridgehead atoms. The smallest absolute Gasteiger partial charge is 0.261 e. The number of aromatic nitrogens is 1. The van der Waals surface area contributed by atoms with Gasteiger partial charge in [-0.25, -0.2) is 5.48 Å². The number of hydroxylamine groups is 1. The summed E-state index contributed by atoms with van der Waals surface area (Å²) in [7, 11) is 0. The predicted octanol–water partition coefficient (Wildman–Crippen LogP) is 2.36. The average molecular weight is 427 g/mol. The lowest BCUT2D eigenvalue weighted by atomic mass is 9.97. The molecule has 1 aromatic carbocycles. The highest BCUT2D eigenvalue weighted by molar-refractivity contribution is 5.95. The topological polar surface area (TPSA) is 118 Å². The Kier molecular flexibility index (Phi) is 7.97. The first-order valence-corrected chi connectivity index (χ1v) is 10.6. The summed E-state index contributed by atoms with van der Waals surface area (Å²) in [6.07, 6.45) is 6.20. The Labute approximate surface area is 182 Å². The van der Waals surface area contributed by atoms with E-state index in [1.165, 1.54) is 0 Å². The Balaban J connectivity index is 1.82. The number of benzene rings is 1. The van der Waals surface area contributed by atoms with Crippen molar-refractivity contribution in [2.24, 2.45) is 5.73 Å². The molecule has 1 aliphatic heterocycles. The van der Waals surface area contributed by atoms with Gasteiger partial charge in [-0.3, -0.25) is 24.7 Å². The highest BCUT2D eigenvalue weighted by atomic mass is 16.5. The van der Waals surface area contributed by atoms with Crippen LogP contribution in [-0.4, -0.2) is 46.0 Å². The van der Waals surface area contributed by atoms with Crippen molar-refractivity contribution in [1.29, 1.82) is 0 Å². The van der Waals surface area contributed by atoms with E-state index in [0.29, 0.717) is 23.5 Å². The molecule has 31 heavy (non-hydrogen) atoms. The number of hydrogen-bond donors (Lipinski definition) is 3. The molecule has 0 unspecified atom stereocenters. The van der Waals surface area contributed by atoms with Gasteiger partial charge < -0.3 is 10.5 Å². The molecule has 4 N–H and O–H groups in total. The Hall–Kier alpha value is -2.97. The summed E-state index contributed by atoms with van der Waals surface area (Å²) in [6, 6.07) is 8.31. The fourth-order valence-electron chi connectivity index (χ4n) is 4.01. The normalized spacial score (nSPS) is 15.7. The van der Waals surface area contributed by atoms with E-state index in [4.69, 9.17) is 10.5 Å². The Morgan fingerprint density at radius 2 is 1.94 bits per heavy atom. The molecular weight excluding hydrogens is 396 g/mol. The second kappa shape index (κ2) is 10.9. The van der Waals surface area contributed by atoms with Gasteiger partial charge in [0.2, 0.25) is 5.91 Å². The van der Waals surface area contributed by atoms with Crippen LogP contribution in [0.2, 0.25) is 0 Å². The van der Waals surface area contributed by atoms with Crippen LogP contribution >= 0.6 is 0 Å². The number of carbonyl (C=O) groups excluding carboxylic acids is 2. The number of ether oxygens (including phenoxy) is 1. The van der Waals surface area contributed by atoms with Crippen molar-refractivity contribution >= 4 is 11.8 Å². The molecule has 1 saturated heterocycles. The summed E-state index contributed by atoms with van der Waals surface area (Å²) < 4.78 is 5.91. The summed E-state index contributed by atoms with van der Waals surface area (Å²) in [5.41, 5.74) is 10.2. The first-order chi connectivity index (χ1) is 15.0. The third kappa shape index (κ3) is 6.26. The van der Waals surface area contributed by atoms with Crippen LogP contribution in [-0.2, 0) is 17.8 Å². The summed E-state index contributed by atoms with van der Waals surface area (Å²) in [6.45, 7) is 3.80. The molecule has 166 valence electrons. The number of hydrogen-bond acceptors (Lipinski definition) is 6. The number of rotatable bonds is 8. The molecule has 0 radical (unpaired) electrons. The summed E-state index contributed by atoms with van der Waals surface area (Å²) in [5, 5.41) is 9.30. The zero-order valence-corrected chi connectivity index (χ0v) is 17.8. The SMILES string of the molecule is Cc1cc(COc2ccc(C(N)=O)c(C[C@H](C(=O)NO)N3CCCCCC3)c2)ccn1. The van der Waals surface area contributed by atoms with Gasteiger partial charge in [-0.15, -0.1) is 0 Å². The second-order valence-electron chi connectivity index (χ2n) is 7.92. The number of carbonyl (C=O) groups is 2. The Bertz CT molecular complexity index is 910. The van der Waals surface area contributed by atoms with E-state index in [9.17, 15) is 14.8 Å². The van der Waals surface area contributed by atoms with Crippen molar-refractivity contribution in [3.05, 3.63) is 58.9 Å². The van der Waals surface area contributed by atoms with Crippen molar-refractivity contribution in [1.82, 2.24) is 15.4 Å². The van der Waals surface area contributed by atoms with Gasteiger partial charge in [0.15, 0.2) is 0 Å². The van der Waals surface area contributed by atoms with Gasteiger partial charge in [0.1, 0.15) is 12.4 Å². The summed E-state index contributed by atoms with van der Waals surface area (Å²) in [5.74, 6) is -0.477. The van der Waals surface area contributed by atoms with Crippen molar-refractivity contribution in [3.63, 3.8) is 0 Å². The molecular formula is C23H30N4O4. The number of amides is 2. The van der Waals surface area contributed by atoms with E-state index in [2.05, 4.69) is 9.88 Å². The summed E-state index contributed by atoms with van der Waals surface area (Å²) in [4.78, 5) is 30.7. The molecule has 1 aromatic heterocycles. The molecule has 0 saturated carbocycles. The van der Waals surface area contributed by atoms with Crippen LogP contribution in [0.15, 0.2) is 36.5 Å². The third-order valence-electron chi connectivity index (χ3n) is 5.62. The van der Waals surface area contributed by atoms with E-state index in [1.807, 2.05) is 19.1 Å². The quantitative estimate of drug-likeness (QED) is 0.441. The average Bonchev–Trinajstić information content (AvgIpc) is 3.05. The number of nitrogens with one attached hydrogen (secondary N) is 1. The largest absolute Gasteiger partial charge is 0.489 e. The van der Waals surface area contributed by atoms with Crippen LogP contribution < -0.4 is 16.0 Å². The first-order valence-electron chi connectivity index (χ1n) is 10.6. The fourth-order valence-corrected chi connectivity index (χ4v) is 4.01. The molecule has 3 rings (SSSR count). The zero-order chi connectivity index (χ0) is 22.2. The molecule has 2 amide bonds. The third-order valence-corrected chi connectivity index (χ3v) is 5.62. The Morgan fingerprint density at radius 3 is 2.58 bits per heavy atom. The number of nitrogens with two attached hydrogens (primary N) is 1. The highest BCUT2D eigenvalue weighted by Gasteiger charge is 2.28. The van der Waals surface area contributed by atoms with E-state index in [0.717, 1.165) is 50.0 Å². The number of primary amides is 1. The minimum atomic E-state index is -0.598. The van der Waals surface area contributed by atoms with E-state index >= 15 is 0 Å². The van der Waals surface area contributed by atoms with Crippen molar-refractivity contribution in [3.8, 4) is 5.75 Å². The van der Waals surface area contributed by atoms with E-state index < -0.39 is 17.9 Å². The predicted molar refractivity (Wildman–Crippen MR) is 116 cm³/mol. The summed E-state index contributed by atoms with van der Waals surface area (Å²) >= 11 is 0. The molecule has 1 aliphatic rings. The van der Waals surface area contributed by atoms with Crippen LogP contribution in [0.1, 0.15) is 52.9 Å². The Morgan fingerprint density at radius 1 is 1.19 bits per heavy atom. The minimum Gasteiger partial charge on any atom is -0.489 e. The number of nitrogens with zero attached hydrogens (tertiary/aromatic N) is 2. The molecule has 8 nitrogen and oxygen atoms in total. The van der Waals surface area contributed by atoms with Gasteiger partial charge in [-0.2, -0.15) is 0 Å². The molecule has 2 heterocycles.